The fourth-order valence-corrected chi connectivity index (χ4v) is 2.25. The van der Waals surface area contributed by atoms with E-state index in [1.807, 2.05) is 0 Å². The highest BCUT2D eigenvalue weighted by molar-refractivity contribution is 9.18. The van der Waals surface area contributed by atoms with Gasteiger partial charge < -0.3 is 5.11 Å². The molecule has 0 spiro atoms. The molecule has 0 unspecified atom stereocenters. The maximum atomic E-state index is 10.3. The number of hydrogen-bond acceptors (Lipinski definition) is 2. The number of aliphatic imine (C=N–C) groups is 1. The van der Waals surface area contributed by atoms with Gasteiger partial charge in [0, 0.05) is 10.9 Å². The predicted octanol–water partition coefficient (Wildman–Crippen LogP) is 2.31. The van der Waals surface area contributed by atoms with Gasteiger partial charge in [-0.25, -0.2) is 0 Å². The van der Waals surface area contributed by atoms with Gasteiger partial charge in [-0.1, -0.05) is 15.9 Å². The summed E-state index contributed by atoms with van der Waals surface area (Å²) < 4.78 is 1.76. The average molecular weight is 297 g/mol. The first-order chi connectivity index (χ1) is 5.61. The van der Waals surface area contributed by atoms with Crippen molar-refractivity contribution in [2.24, 2.45) is 4.99 Å². The summed E-state index contributed by atoms with van der Waals surface area (Å²) in [5.74, 6) is -0.782. The number of rotatable bonds is 3. The van der Waals surface area contributed by atoms with E-state index in [2.05, 4.69) is 36.9 Å². The number of carbonyl (C=O) groups is 1. The lowest BCUT2D eigenvalue weighted by Gasteiger charge is -1.98. The lowest BCUT2D eigenvalue weighted by molar-refractivity contribution is -0.136. The molecule has 0 aromatic rings. The van der Waals surface area contributed by atoms with Crippen molar-refractivity contribution in [1.82, 2.24) is 0 Å². The standard InChI is InChI=1S/C7H7Br2NO2/c8-5-3-10-7(9)4(5)1-2-6(11)12/h1-3H2,(H,11,12). The molecule has 0 fully saturated rings. The Labute approximate surface area is 86.8 Å². The topological polar surface area (TPSA) is 49.7 Å². The van der Waals surface area contributed by atoms with Crippen LogP contribution >= 0.6 is 31.9 Å². The minimum absolute atomic E-state index is 0.148. The van der Waals surface area contributed by atoms with E-state index in [0.717, 1.165) is 14.7 Å². The third-order valence-corrected chi connectivity index (χ3v) is 2.98. The molecule has 0 bridgehead atoms. The summed E-state index contributed by atoms with van der Waals surface area (Å²) >= 11 is 6.60. The van der Waals surface area contributed by atoms with Gasteiger partial charge in [0.25, 0.3) is 0 Å². The first-order valence-electron chi connectivity index (χ1n) is 3.41. The second-order valence-corrected chi connectivity index (χ2v) is 4.09. The second kappa shape index (κ2) is 4.18. The van der Waals surface area contributed by atoms with Crippen LogP contribution in [0.15, 0.2) is 15.0 Å². The molecular formula is C7H7Br2NO2. The van der Waals surface area contributed by atoms with E-state index in [0.29, 0.717) is 13.0 Å². The Morgan fingerprint density at radius 1 is 1.58 bits per heavy atom. The van der Waals surface area contributed by atoms with Gasteiger partial charge in [0.15, 0.2) is 0 Å². The fraction of sp³-hybridized carbons (Fsp3) is 0.429. The summed E-state index contributed by atoms with van der Waals surface area (Å²) in [6, 6.07) is 0. The zero-order chi connectivity index (χ0) is 9.14. The molecule has 1 heterocycles. The Morgan fingerprint density at radius 3 is 2.67 bits per heavy atom. The normalized spacial score (nSPS) is 16.7. The average Bonchev–Trinajstić information content (AvgIpc) is 2.28. The molecule has 1 N–H and O–H groups in total. The molecule has 12 heavy (non-hydrogen) atoms. The molecule has 66 valence electrons. The van der Waals surface area contributed by atoms with E-state index in [4.69, 9.17) is 5.11 Å². The van der Waals surface area contributed by atoms with E-state index in [-0.39, 0.29) is 6.42 Å². The molecule has 0 saturated heterocycles. The van der Waals surface area contributed by atoms with Gasteiger partial charge in [0.05, 0.1) is 6.54 Å². The van der Waals surface area contributed by atoms with Crippen molar-refractivity contribution < 1.29 is 9.90 Å². The van der Waals surface area contributed by atoms with E-state index >= 15 is 0 Å². The molecule has 0 saturated carbocycles. The van der Waals surface area contributed by atoms with Crippen LogP contribution in [0.5, 0.6) is 0 Å². The molecule has 0 aromatic heterocycles. The molecule has 0 atom stereocenters. The number of nitrogens with zero attached hydrogens (tertiary/aromatic N) is 1. The van der Waals surface area contributed by atoms with E-state index in [1.165, 1.54) is 0 Å². The highest BCUT2D eigenvalue weighted by Gasteiger charge is 2.15. The monoisotopic (exact) mass is 295 g/mol. The lowest BCUT2D eigenvalue weighted by atomic mass is 10.1. The van der Waals surface area contributed by atoms with Gasteiger partial charge in [0.1, 0.15) is 4.62 Å². The molecular weight excluding hydrogens is 290 g/mol. The smallest absolute Gasteiger partial charge is 0.303 e. The Kier molecular flexibility index (Phi) is 3.46. The van der Waals surface area contributed by atoms with Crippen LogP contribution in [0.1, 0.15) is 12.8 Å². The number of carboxylic acid groups (broad SMARTS) is 1. The van der Waals surface area contributed by atoms with Gasteiger partial charge in [0.2, 0.25) is 0 Å². The largest absolute Gasteiger partial charge is 0.481 e. The van der Waals surface area contributed by atoms with E-state index in [9.17, 15) is 4.79 Å². The van der Waals surface area contributed by atoms with E-state index in [1.54, 1.807) is 0 Å². The van der Waals surface area contributed by atoms with Crippen molar-refractivity contribution in [2.75, 3.05) is 6.54 Å². The maximum Gasteiger partial charge on any atom is 0.303 e. The molecule has 3 nitrogen and oxygen atoms in total. The zero-order valence-corrected chi connectivity index (χ0v) is 9.35. The zero-order valence-electron chi connectivity index (χ0n) is 6.18. The number of aliphatic carboxylic acids is 1. The third-order valence-electron chi connectivity index (χ3n) is 1.52. The van der Waals surface area contributed by atoms with Crippen molar-refractivity contribution in [2.45, 2.75) is 12.8 Å². The molecule has 0 aliphatic carbocycles. The quantitative estimate of drug-likeness (QED) is 0.869. The van der Waals surface area contributed by atoms with Gasteiger partial charge in [-0.15, -0.1) is 0 Å². The van der Waals surface area contributed by atoms with Gasteiger partial charge in [-0.3, -0.25) is 9.79 Å². The summed E-state index contributed by atoms with van der Waals surface area (Å²) in [5, 5.41) is 8.45. The molecule has 1 aliphatic heterocycles. The molecule has 5 heteroatoms. The van der Waals surface area contributed by atoms with Gasteiger partial charge in [-0.05, 0) is 27.9 Å². The summed E-state index contributed by atoms with van der Waals surface area (Å²) in [4.78, 5) is 14.4. The first kappa shape index (κ1) is 9.92. The Bertz CT molecular complexity index is 271. The number of hydrogen-bond donors (Lipinski definition) is 1. The second-order valence-electron chi connectivity index (χ2n) is 2.38. The van der Waals surface area contributed by atoms with Crippen LogP contribution in [-0.4, -0.2) is 22.2 Å². The van der Waals surface area contributed by atoms with Crippen LogP contribution in [0, 0.1) is 0 Å². The van der Waals surface area contributed by atoms with Crippen molar-refractivity contribution in [3.05, 3.63) is 10.1 Å². The number of carboxylic acids is 1. The van der Waals surface area contributed by atoms with Crippen LogP contribution in [0.3, 0.4) is 0 Å². The minimum atomic E-state index is -0.782. The molecule has 1 aliphatic rings. The van der Waals surface area contributed by atoms with Gasteiger partial charge >= 0.3 is 5.97 Å². The fourth-order valence-electron chi connectivity index (χ4n) is 0.912. The van der Waals surface area contributed by atoms with E-state index < -0.39 is 5.97 Å². The highest BCUT2D eigenvalue weighted by atomic mass is 79.9. The summed E-state index contributed by atoms with van der Waals surface area (Å²) in [5.41, 5.74) is 0.970. The Balaban J connectivity index is 2.56. The van der Waals surface area contributed by atoms with Crippen LogP contribution < -0.4 is 0 Å². The SMILES string of the molecule is O=C(O)CCC1=C(Br)CN=C1Br. The first-order valence-corrected chi connectivity index (χ1v) is 4.99. The van der Waals surface area contributed by atoms with Crippen molar-refractivity contribution in [3.8, 4) is 0 Å². The minimum Gasteiger partial charge on any atom is -0.481 e. The highest BCUT2D eigenvalue weighted by Crippen LogP contribution is 2.26. The maximum absolute atomic E-state index is 10.3. The van der Waals surface area contributed by atoms with Crippen LogP contribution in [0.25, 0.3) is 0 Å². The molecule has 1 rings (SSSR count). The van der Waals surface area contributed by atoms with Crippen LogP contribution in [-0.2, 0) is 4.79 Å². The van der Waals surface area contributed by atoms with Gasteiger partial charge in [-0.2, -0.15) is 0 Å². The Hall–Kier alpha value is -0.160. The molecule has 0 amide bonds. The molecule has 0 radical (unpaired) electrons. The predicted molar refractivity (Wildman–Crippen MR) is 54.1 cm³/mol. The lowest BCUT2D eigenvalue weighted by Crippen LogP contribution is -1.98. The van der Waals surface area contributed by atoms with Crippen molar-refractivity contribution in [1.29, 1.82) is 0 Å². The summed E-state index contributed by atoms with van der Waals surface area (Å²) in [6.45, 7) is 0.621. The number of halogens is 2. The third kappa shape index (κ3) is 2.42. The van der Waals surface area contributed by atoms with Crippen molar-refractivity contribution >= 4 is 42.5 Å². The van der Waals surface area contributed by atoms with Crippen LogP contribution in [0.4, 0.5) is 0 Å². The van der Waals surface area contributed by atoms with Crippen molar-refractivity contribution in [3.63, 3.8) is 0 Å². The Morgan fingerprint density at radius 2 is 2.25 bits per heavy atom. The molecule has 0 aromatic carbocycles. The van der Waals surface area contributed by atoms with Crippen LogP contribution in [0.2, 0.25) is 0 Å². The summed E-state index contributed by atoms with van der Waals surface area (Å²) in [7, 11) is 0. The number of allylic oxidation sites excluding steroid dienone is 1. The summed E-state index contributed by atoms with van der Waals surface area (Å²) in [6.07, 6.45) is 0.676.